The molecule has 1 amide bonds. The van der Waals surface area contributed by atoms with Gasteiger partial charge in [0.2, 0.25) is 6.79 Å². The molecule has 1 saturated heterocycles. The van der Waals surface area contributed by atoms with Crippen LogP contribution in [-0.2, 0) is 28.5 Å². The van der Waals surface area contributed by atoms with E-state index in [1.54, 1.807) is 27.7 Å². The van der Waals surface area contributed by atoms with Gasteiger partial charge in [-0.2, -0.15) is 4.98 Å². The number of aliphatic imine (C=N–C) groups is 1. The van der Waals surface area contributed by atoms with Gasteiger partial charge in [0.25, 0.3) is 5.56 Å². The van der Waals surface area contributed by atoms with E-state index in [2.05, 4.69) is 20.6 Å². The molecule has 2 aliphatic heterocycles. The van der Waals surface area contributed by atoms with Crippen LogP contribution in [0, 0.1) is 11.8 Å². The highest BCUT2D eigenvalue weighted by Gasteiger charge is 2.56. The zero-order chi connectivity index (χ0) is 30.9. The summed E-state index contributed by atoms with van der Waals surface area (Å²) in [6.45, 7) is 6.84. The fourth-order valence-electron chi connectivity index (χ4n) is 4.53. The van der Waals surface area contributed by atoms with Crippen molar-refractivity contribution in [3.8, 4) is 0 Å². The van der Waals surface area contributed by atoms with Crippen LogP contribution >= 0.6 is 0 Å². The second-order valence-electron chi connectivity index (χ2n) is 10.8. The number of amides is 1. The average molecular weight is 591 g/mol. The minimum absolute atomic E-state index is 0.0323. The predicted octanol–water partition coefficient (Wildman–Crippen LogP) is 0.723. The van der Waals surface area contributed by atoms with Crippen LogP contribution in [0.4, 0.5) is 22.1 Å². The Morgan fingerprint density at radius 1 is 1.24 bits per heavy atom. The molecule has 5 atom stereocenters. The summed E-state index contributed by atoms with van der Waals surface area (Å²) in [4.78, 5) is 57.7. The number of aromatic nitrogens is 2. The van der Waals surface area contributed by atoms with Crippen molar-refractivity contribution in [2.45, 2.75) is 64.7 Å². The first-order chi connectivity index (χ1) is 19.8. The number of hydrogen-bond donors (Lipinski definition) is 5. The number of ether oxygens (including phenoxy) is 4. The summed E-state index contributed by atoms with van der Waals surface area (Å²) in [6.07, 6.45) is -2.00. The molecule has 0 bridgehead atoms. The van der Waals surface area contributed by atoms with Crippen LogP contribution in [0.15, 0.2) is 22.1 Å². The Balaban J connectivity index is 1.71. The zero-order valence-corrected chi connectivity index (χ0v) is 23.7. The number of carbonyl (C=O) groups excluding carboxylic acids is 3. The monoisotopic (exact) mass is 590 g/mol. The summed E-state index contributed by atoms with van der Waals surface area (Å²) in [5.74, 6) is -1.73. The van der Waals surface area contributed by atoms with Gasteiger partial charge in [-0.25, -0.2) is 9.79 Å². The second kappa shape index (κ2) is 12.0. The lowest BCUT2D eigenvalue weighted by Crippen LogP contribution is -2.50. The van der Waals surface area contributed by atoms with Crippen molar-refractivity contribution in [2.75, 3.05) is 24.0 Å². The number of nitrogens with two attached hydrogens (primary N) is 1. The fourth-order valence-corrected chi connectivity index (χ4v) is 4.53. The summed E-state index contributed by atoms with van der Waals surface area (Å²) in [6, 6.07) is 0.0820. The molecule has 2 aliphatic rings. The number of hydrogen-bond acceptors (Lipinski definition) is 14. The lowest BCUT2D eigenvalue weighted by molar-refractivity contribution is -0.166. The van der Waals surface area contributed by atoms with Crippen LogP contribution in [0.1, 0.15) is 40.8 Å². The molecule has 0 aliphatic carbocycles. The quantitative estimate of drug-likeness (QED) is 0.201. The van der Waals surface area contributed by atoms with E-state index in [4.69, 9.17) is 24.7 Å². The van der Waals surface area contributed by atoms with Gasteiger partial charge in [-0.3, -0.25) is 19.7 Å². The zero-order valence-electron chi connectivity index (χ0n) is 23.7. The van der Waals surface area contributed by atoms with E-state index >= 15 is 0 Å². The van der Waals surface area contributed by atoms with E-state index in [1.807, 2.05) is 0 Å². The second-order valence-corrected chi connectivity index (χ2v) is 10.8. The van der Waals surface area contributed by atoms with Crippen LogP contribution in [0.3, 0.4) is 0 Å². The number of aliphatic hydroxyl groups excluding tert-OH is 1. The fraction of sp³-hybridized carbons (Fsp3) is 0.538. The Bertz CT molecular complexity index is 1470. The Morgan fingerprint density at radius 3 is 2.60 bits per heavy atom. The van der Waals surface area contributed by atoms with Crippen LogP contribution in [0.2, 0.25) is 0 Å². The van der Waals surface area contributed by atoms with Crippen molar-refractivity contribution in [3.63, 3.8) is 0 Å². The summed E-state index contributed by atoms with van der Waals surface area (Å²) in [5.41, 5.74) is 3.28. The summed E-state index contributed by atoms with van der Waals surface area (Å²) in [7, 11) is 0. The van der Waals surface area contributed by atoms with Gasteiger partial charge in [-0.15, -0.1) is 0 Å². The minimum atomic E-state index is -1.90. The molecule has 16 nitrogen and oxygen atoms in total. The molecule has 0 radical (unpaired) electrons. The third-order valence-corrected chi connectivity index (χ3v) is 6.89. The van der Waals surface area contributed by atoms with Gasteiger partial charge in [-0.05, 0) is 12.8 Å². The summed E-state index contributed by atoms with van der Waals surface area (Å²) in [5, 5.41) is 27.4. The molecule has 0 saturated carbocycles. The lowest BCUT2D eigenvalue weighted by Gasteiger charge is -2.31. The van der Waals surface area contributed by atoms with Gasteiger partial charge >= 0.3 is 18.0 Å². The molecule has 0 aromatic carbocycles. The average Bonchev–Trinajstić information content (AvgIpc) is 3.37. The molecule has 6 N–H and O–H groups in total. The maximum atomic E-state index is 12.7. The van der Waals surface area contributed by atoms with E-state index in [-0.39, 0.29) is 34.0 Å². The molecule has 2 aromatic heterocycles. The van der Waals surface area contributed by atoms with Gasteiger partial charge < -0.3 is 44.8 Å². The molecule has 16 heteroatoms. The minimum Gasteiger partial charge on any atom is -0.455 e. The molecule has 1 fully saturated rings. The number of aliphatic hydroxyl groups is 2. The highest BCUT2D eigenvalue weighted by molar-refractivity contribution is 6.12. The highest BCUT2D eigenvalue weighted by Crippen LogP contribution is 2.46. The molecule has 0 unspecified atom stereocenters. The molecule has 2 aromatic rings. The highest BCUT2D eigenvalue weighted by atomic mass is 16.7. The molecule has 42 heavy (non-hydrogen) atoms. The van der Waals surface area contributed by atoms with Crippen LogP contribution < -0.4 is 21.9 Å². The molecule has 228 valence electrons. The van der Waals surface area contributed by atoms with E-state index in [0.717, 1.165) is 6.07 Å². The van der Waals surface area contributed by atoms with Crippen molar-refractivity contribution in [1.29, 1.82) is 0 Å². The van der Waals surface area contributed by atoms with Gasteiger partial charge in [0.1, 0.15) is 29.4 Å². The third-order valence-electron chi connectivity index (χ3n) is 6.89. The standard InChI is InChI=1S/C26H34N6O10/c1-11(2)18(27)23(36)42-19-15(8-33)41-24(26(19,5)38)32-7-13-14(30-25(37)40-10-39-22(35)12(3)4)6-16(34)31-20-17(13)21(32)29-9-28-20/h6-7,9,11-12,15,18-19,24,33,38H,8,10,27H2,1-5H3,(H,30,37)(H,28,29,31,34)/t15-,18+,19-,24-,26-/m1/s1. The largest absolute Gasteiger partial charge is 0.455 e. The first-order valence-corrected chi connectivity index (χ1v) is 13.2. The number of carbonyl (C=O) groups is 3. The number of nitrogens with zero attached hydrogens (tertiary/aromatic N) is 3. The number of rotatable bonds is 9. The molecular formula is C26H34N6O10. The van der Waals surface area contributed by atoms with E-state index < -0.39 is 73.0 Å². The van der Waals surface area contributed by atoms with Crippen molar-refractivity contribution >= 4 is 52.5 Å². The topological polar surface area (TPSA) is 226 Å². The summed E-state index contributed by atoms with van der Waals surface area (Å²) < 4.78 is 22.7. The number of anilines is 2. The first kappa shape index (κ1) is 30.8. The Hall–Kier alpha value is -4.12. The van der Waals surface area contributed by atoms with Crippen molar-refractivity contribution in [2.24, 2.45) is 22.6 Å². The first-order valence-electron chi connectivity index (χ1n) is 13.2. The van der Waals surface area contributed by atoms with Crippen molar-refractivity contribution < 1.29 is 43.5 Å². The van der Waals surface area contributed by atoms with E-state index in [0.29, 0.717) is 0 Å². The number of esters is 2. The smallest absolute Gasteiger partial charge is 0.414 e. The van der Waals surface area contributed by atoms with Crippen LogP contribution in [0.25, 0.3) is 10.8 Å². The third kappa shape index (κ3) is 5.92. The van der Waals surface area contributed by atoms with Crippen LogP contribution in [0.5, 0.6) is 0 Å². The molecular weight excluding hydrogens is 556 g/mol. The van der Waals surface area contributed by atoms with Crippen LogP contribution in [-0.4, -0.2) is 81.4 Å². The van der Waals surface area contributed by atoms with Gasteiger partial charge in [0.15, 0.2) is 12.3 Å². The molecule has 4 heterocycles. The maximum Gasteiger partial charge on any atom is 0.414 e. The summed E-state index contributed by atoms with van der Waals surface area (Å²) >= 11 is 0. The Kier molecular flexibility index (Phi) is 8.81. The Labute approximate surface area is 239 Å². The number of nitrogens with one attached hydrogen (secondary N) is 2. The molecule has 4 rings (SSSR count). The lowest BCUT2D eigenvalue weighted by atomic mass is 9.95. The van der Waals surface area contributed by atoms with Gasteiger partial charge in [0.05, 0.1) is 29.9 Å². The predicted molar refractivity (Wildman–Crippen MR) is 148 cm³/mol. The SMILES string of the molecule is CC(C)C(=O)OCOC(=O)Nc1cc(=O)nc2c3c(n([C@@H]4O[C@H](CO)[C@@H](OC(=O)[C@@H](N)C(C)C)[C@@]4(C)O)cc13)N=CN2. The van der Waals surface area contributed by atoms with E-state index in [9.17, 15) is 29.4 Å². The molecule has 0 spiro atoms. The van der Waals surface area contributed by atoms with Crippen molar-refractivity contribution in [3.05, 3.63) is 22.6 Å². The maximum absolute atomic E-state index is 12.7. The normalized spacial score (nSPS) is 23.5. The van der Waals surface area contributed by atoms with Gasteiger partial charge in [0, 0.05) is 17.6 Å². The van der Waals surface area contributed by atoms with Crippen molar-refractivity contribution in [1.82, 2.24) is 9.55 Å². The van der Waals surface area contributed by atoms with E-state index in [1.165, 1.54) is 24.0 Å². The Morgan fingerprint density at radius 2 is 1.95 bits per heavy atom. The van der Waals surface area contributed by atoms with Gasteiger partial charge in [-0.1, -0.05) is 27.7 Å².